The van der Waals surface area contributed by atoms with Crippen LogP contribution in [0.1, 0.15) is 32.6 Å². The molecule has 0 aromatic rings. The first-order chi connectivity index (χ1) is 6.29. The molecule has 13 heavy (non-hydrogen) atoms. The van der Waals surface area contributed by atoms with Crippen LogP contribution in [0.25, 0.3) is 0 Å². The van der Waals surface area contributed by atoms with Crippen molar-refractivity contribution in [3.8, 4) is 0 Å². The first-order valence-electron chi connectivity index (χ1n) is 5.55. The van der Waals surface area contributed by atoms with E-state index in [9.17, 15) is 0 Å². The Balaban J connectivity index is 2.22. The Hall–Kier alpha value is -0.0800. The van der Waals surface area contributed by atoms with Gasteiger partial charge in [0.15, 0.2) is 0 Å². The van der Waals surface area contributed by atoms with Crippen LogP contribution in [0.3, 0.4) is 0 Å². The molecule has 0 aromatic heterocycles. The van der Waals surface area contributed by atoms with Gasteiger partial charge in [-0.3, -0.25) is 0 Å². The van der Waals surface area contributed by atoms with Crippen molar-refractivity contribution in [2.45, 2.75) is 32.6 Å². The van der Waals surface area contributed by atoms with E-state index in [0.717, 1.165) is 19.1 Å². The molecule has 1 atom stereocenters. The van der Waals surface area contributed by atoms with Crippen molar-refractivity contribution >= 4 is 0 Å². The van der Waals surface area contributed by atoms with Crippen LogP contribution < -0.4 is 0 Å². The average Bonchev–Trinajstić information content (AvgIpc) is 2.14. The summed E-state index contributed by atoms with van der Waals surface area (Å²) in [6.45, 7) is 6.64. The van der Waals surface area contributed by atoms with Crippen LogP contribution in [-0.2, 0) is 4.74 Å². The molecule has 1 fully saturated rings. The molecular formula is C11H23NO. The topological polar surface area (TPSA) is 12.5 Å². The van der Waals surface area contributed by atoms with Crippen LogP contribution >= 0.6 is 0 Å². The maximum absolute atomic E-state index is 5.60. The molecule has 0 saturated carbocycles. The van der Waals surface area contributed by atoms with Crippen molar-refractivity contribution in [2.75, 3.05) is 33.4 Å². The van der Waals surface area contributed by atoms with E-state index in [1.54, 1.807) is 0 Å². The average molecular weight is 185 g/mol. The second-order valence-corrected chi connectivity index (χ2v) is 4.33. The minimum atomic E-state index is 0.753. The van der Waals surface area contributed by atoms with Gasteiger partial charge in [0.25, 0.3) is 0 Å². The number of nitrogens with zero attached hydrogens (tertiary/aromatic N) is 1. The molecular weight excluding hydrogens is 162 g/mol. The summed E-state index contributed by atoms with van der Waals surface area (Å²) in [6.07, 6.45) is 5.22. The quantitative estimate of drug-likeness (QED) is 0.573. The molecule has 1 aliphatic heterocycles. The Morgan fingerprint density at radius 2 is 1.92 bits per heavy atom. The van der Waals surface area contributed by atoms with Gasteiger partial charge in [-0.2, -0.15) is 0 Å². The smallest absolute Gasteiger partial charge is 0.0491 e. The van der Waals surface area contributed by atoms with E-state index in [0.29, 0.717) is 0 Å². The Kier molecular flexibility index (Phi) is 5.40. The summed E-state index contributed by atoms with van der Waals surface area (Å²) < 4.78 is 5.60. The van der Waals surface area contributed by atoms with Crippen LogP contribution in [-0.4, -0.2) is 38.3 Å². The van der Waals surface area contributed by atoms with Gasteiger partial charge in [-0.15, -0.1) is 0 Å². The zero-order valence-electron chi connectivity index (χ0n) is 9.09. The summed E-state index contributed by atoms with van der Waals surface area (Å²) in [7, 11) is 2.21. The fraction of sp³-hybridized carbons (Fsp3) is 1.00. The minimum Gasteiger partial charge on any atom is -0.381 e. The summed E-state index contributed by atoms with van der Waals surface area (Å²) in [6, 6.07) is 0. The summed E-state index contributed by atoms with van der Waals surface area (Å²) in [5.41, 5.74) is 0. The summed E-state index contributed by atoms with van der Waals surface area (Å²) in [5.74, 6) is 0.753. The highest BCUT2D eigenvalue weighted by Gasteiger charge is 2.05. The van der Waals surface area contributed by atoms with Gasteiger partial charge < -0.3 is 9.64 Å². The first kappa shape index (κ1) is 11.0. The van der Waals surface area contributed by atoms with Gasteiger partial charge in [-0.05, 0) is 38.8 Å². The third-order valence-corrected chi connectivity index (χ3v) is 2.72. The normalized spacial score (nSPS) is 29.5. The van der Waals surface area contributed by atoms with Crippen molar-refractivity contribution in [3.05, 3.63) is 0 Å². The molecule has 0 amide bonds. The van der Waals surface area contributed by atoms with E-state index in [2.05, 4.69) is 18.9 Å². The second kappa shape index (κ2) is 6.39. The van der Waals surface area contributed by atoms with Crippen molar-refractivity contribution in [1.82, 2.24) is 4.90 Å². The zero-order chi connectivity index (χ0) is 9.52. The zero-order valence-corrected chi connectivity index (χ0v) is 9.09. The lowest BCUT2D eigenvalue weighted by atomic mass is 10.1. The van der Waals surface area contributed by atoms with E-state index in [1.807, 2.05) is 0 Å². The molecule has 1 unspecified atom stereocenters. The third kappa shape index (κ3) is 5.27. The van der Waals surface area contributed by atoms with E-state index in [4.69, 9.17) is 4.74 Å². The lowest BCUT2D eigenvalue weighted by Crippen LogP contribution is -2.21. The molecule has 0 aromatic carbocycles. The minimum absolute atomic E-state index is 0.753. The lowest BCUT2D eigenvalue weighted by molar-refractivity contribution is 0.0972. The van der Waals surface area contributed by atoms with Crippen molar-refractivity contribution in [2.24, 2.45) is 5.92 Å². The lowest BCUT2D eigenvalue weighted by Gasteiger charge is -2.15. The molecule has 0 aliphatic carbocycles. The fourth-order valence-electron chi connectivity index (χ4n) is 1.79. The van der Waals surface area contributed by atoms with Gasteiger partial charge in [-0.25, -0.2) is 0 Å². The van der Waals surface area contributed by atoms with Crippen LogP contribution in [0.5, 0.6) is 0 Å². The largest absolute Gasteiger partial charge is 0.381 e. The molecule has 0 radical (unpaired) electrons. The molecule has 2 nitrogen and oxygen atoms in total. The monoisotopic (exact) mass is 185 g/mol. The van der Waals surface area contributed by atoms with Crippen LogP contribution in [0, 0.1) is 5.92 Å². The summed E-state index contributed by atoms with van der Waals surface area (Å²) in [4.78, 5) is 2.42. The van der Waals surface area contributed by atoms with Gasteiger partial charge in [0.1, 0.15) is 0 Å². The summed E-state index contributed by atoms with van der Waals surface area (Å²) in [5, 5.41) is 0. The van der Waals surface area contributed by atoms with E-state index < -0.39 is 0 Å². The number of rotatable bonds is 0. The highest BCUT2D eigenvalue weighted by atomic mass is 16.5. The van der Waals surface area contributed by atoms with Crippen LogP contribution in [0.2, 0.25) is 0 Å². The highest BCUT2D eigenvalue weighted by molar-refractivity contribution is 4.58. The molecule has 1 aliphatic rings. The Labute approximate surface area is 82.3 Å². The molecule has 0 spiro atoms. The molecule has 1 heterocycles. The highest BCUT2D eigenvalue weighted by Crippen LogP contribution is 2.10. The predicted octanol–water partition coefficient (Wildman–Crippen LogP) is 2.14. The predicted molar refractivity (Wildman–Crippen MR) is 55.9 cm³/mol. The van der Waals surface area contributed by atoms with Gasteiger partial charge in [0.2, 0.25) is 0 Å². The standard InChI is InChI=1S/C11H23NO/c1-11-6-3-4-7-12(2)8-5-9-13-10-11/h11H,3-10H2,1-2H3. The van der Waals surface area contributed by atoms with Crippen LogP contribution in [0.4, 0.5) is 0 Å². The third-order valence-electron chi connectivity index (χ3n) is 2.72. The van der Waals surface area contributed by atoms with Gasteiger partial charge in [0, 0.05) is 19.8 Å². The van der Waals surface area contributed by atoms with Crippen molar-refractivity contribution < 1.29 is 4.74 Å². The van der Waals surface area contributed by atoms with Gasteiger partial charge in [0.05, 0.1) is 0 Å². The molecule has 78 valence electrons. The van der Waals surface area contributed by atoms with Crippen molar-refractivity contribution in [3.63, 3.8) is 0 Å². The maximum atomic E-state index is 5.60. The van der Waals surface area contributed by atoms with E-state index >= 15 is 0 Å². The fourth-order valence-corrected chi connectivity index (χ4v) is 1.79. The molecule has 2 heteroatoms. The van der Waals surface area contributed by atoms with E-state index in [1.165, 1.54) is 38.8 Å². The maximum Gasteiger partial charge on any atom is 0.0491 e. The SMILES string of the molecule is CC1CCCCN(C)CCCOC1. The van der Waals surface area contributed by atoms with E-state index in [-0.39, 0.29) is 0 Å². The Morgan fingerprint density at radius 3 is 2.77 bits per heavy atom. The number of ether oxygens (including phenoxy) is 1. The van der Waals surface area contributed by atoms with Crippen LogP contribution in [0.15, 0.2) is 0 Å². The second-order valence-electron chi connectivity index (χ2n) is 4.33. The molecule has 0 N–H and O–H groups in total. The molecule has 1 rings (SSSR count). The molecule has 0 bridgehead atoms. The number of hydrogen-bond donors (Lipinski definition) is 0. The first-order valence-corrected chi connectivity index (χ1v) is 5.55. The van der Waals surface area contributed by atoms with Gasteiger partial charge in [-0.1, -0.05) is 13.3 Å². The number of hydrogen-bond acceptors (Lipinski definition) is 2. The van der Waals surface area contributed by atoms with Crippen molar-refractivity contribution in [1.29, 1.82) is 0 Å². The summed E-state index contributed by atoms with van der Waals surface area (Å²) >= 11 is 0. The Morgan fingerprint density at radius 1 is 1.15 bits per heavy atom. The Bertz CT molecular complexity index is 113. The van der Waals surface area contributed by atoms with Gasteiger partial charge >= 0.3 is 0 Å². The molecule has 1 saturated heterocycles.